The zero-order valence-corrected chi connectivity index (χ0v) is 23.1. The summed E-state index contributed by atoms with van der Waals surface area (Å²) in [6, 6.07) is 9.06. The highest BCUT2D eigenvalue weighted by Crippen LogP contribution is 2.33. The van der Waals surface area contributed by atoms with Crippen molar-refractivity contribution in [1.29, 1.82) is 0 Å². The average molecular weight is 518 g/mol. The predicted octanol–water partition coefficient (Wildman–Crippen LogP) is 6.66. The second kappa shape index (κ2) is 10.4. The lowest BCUT2D eigenvalue weighted by Gasteiger charge is -2.30. The van der Waals surface area contributed by atoms with E-state index in [-0.39, 0.29) is 22.7 Å². The molecule has 1 amide bonds. The molecule has 0 saturated heterocycles. The van der Waals surface area contributed by atoms with Crippen molar-refractivity contribution in [2.45, 2.75) is 66.5 Å². The van der Waals surface area contributed by atoms with Gasteiger partial charge in [0.15, 0.2) is 0 Å². The van der Waals surface area contributed by atoms with Gasteiger partial charge in [-0.3, -0.25) is 10.1 Å². The molecule has 3 aromatic rings. The summed E-state index contributed by atoms with van der Waals surface area (Å²) in [5, 5.41) is 15.7. The molecule has 4 rings (SSSR count). The van der Waals surface area contributed by atoms with E-state index < -0.39 is 5.60 Å². The number of ether oxygens (including phenoxy) is 1. The lowest BCUT2D eigenvalue weighted by Crippen LogP contribution is -2.39. The number of anilines is 1. The highest BCUT2D eigenvalue weighted by atomic mass is 16.6. The smallest absolute Gasteiger partial charge is 0.410 e. The predicted molar refractivity (Wildman–Crippen MR) is 149 cm³/mol. The molecule has 1 aliphatic heterocycles. The van der Waals surface area contributed by atoms with E-state index >= 15 is 0 Å². The number of carbonyl (C=O) groups is 1. The van der Waals surface area contributed by atoms with E-state index in [1.54, 1.807) is 17.0 Å². The van der Waals surface area contributed by atoms with Crippen LogP contribution in [0.3, 0.4) is 0 Å². The number of aromatic nitrogens is 2. The van der Waals surface area contributed by atoms with Crippen LogP contribution in [-0.2, 0) is 4.74 Å². The van der Waals surface area contributed by atoms with E-state index in [0.717, 1.165) is 38.7 Å². The Morgan fingerprint density at radius 1 is 1.13 bits per heavy atom. The number of nitrogens with zero attached hydrogens (tertiary/aromatic N) is 4. The molecule has 1 atom stereocenters. The number of carbonyl (C=O) groups excluding carboxylic acids is 1. The minimum Gasteiger partial charge on any atom is -0.444 e. The molecule has 1 N–H and O–H groups in total. The van der Waals surface area contributed by atoms with Crippen LogP contribution in [0.15, 0.2) is 36.4 Å². The van der Waals surface area contributed by atoms with Gasteiger partial charge < -0.3 is 15.0 Å². The maximum atomic E-state index is 12.5. The summed E-state index contributed by atoms with van der Waals surface area (Å²) in [4.78, 5) is 34.5. The molecule has 9 nitrogen and oxygen atoms in total. The van der Waals surface area contributed by atoms with Crippen molar-refractivity contribution in [2.75, 3.05) is 18.4 Å². The van der Waals surface area contributed by atoms with Crippen LogP contribution in [0, 0.1) is 30.9 Å². The van der Waals surface area contributed by atoms with Crippen LogP contribution in [0.2, 0.25) is 0 Å². The van der Waals surface area contributed by atoms with E-state index in [0.29, 0.717) is 31.2 Å². The van der Waals surface area contributed by atoms with Crippen molar-refractivity contribution in [1.82, 2.24) is 14.9 Å². The summed E-state index contributed by atoms with van der Waals surface area (Å²) in [6.07, 6.45) is 2.49. The first-order chi connectivity index (χ1) is 17.8. The Morgan fingerprint density at radius 3 is 2.50 bits per heavy atom. The first-order valence-corrected chi connectivity index (χ1v) is 12.8. The molecule has 0 unspecified atom stereocenters. The molecule has 2 aromatic carbocycles. The molecule has 9 heteroatoms. The third-order valence-corrected chi connectivity index (χ3v) is 6.51. The Bertz CT molecular complexity index is 1440. The third-order valence-electron chi connectivity index (χ3n) is 6.51. The minimum atomic E-state index is -0.530. The van der Waals surface area contributed by atoms with E-state index in [2.05, 4.69) is 40.4 Å². The summed E-state index contributed by atoms with van der Waals surface area (Å²) < 4.78 is 5.52. The van der Waals surface area contributed by atoms with Crippen LogP contribution in [0.1, 0.15) is 68.2 Å². The molecule has 0 bridgehead atoms. The van der Waals surface area contributed by atoms with E-state index in [1.807, 2.05) is 47.6 Å². The molecule has 0 saturated carbocycles. The average Bonchev–Trinajstić information content (AvgIpc) is 2.82. The highest BCUT2D eigenvalue weighted by molar-refractivity contribution is 5.93. The Labute approximate surface area is 223 Å². The standard InChI is InChI=1S/C29H35N5O4/c1-17-12-22(15-23(13-17)34(36)37)19(3)30-27-25-16-24(18(2)14-26(25)31-20(4)32-27)21-8-10-33(11-9-21)28(35)38-29(5,6)7/h8,12-16,19H,9-11H2,1-7H3,(H,30,31,32)/t19-/m1/s1. The summed E-state index contributed by atoms with van der Waals surface area (Å²) in [7, 11) is 0. The largest absolute Gasteiger partial charge is 0.444 e. The topological polar surface area (TPSA) is 110 Å². The van der Waals surface area contributed by atoms with Crippen molar-refractivity contribution < 1.29 is 14.5 Å². The number of rotatable bonds is 5. The minimum absolute atomic E-state index is 0.0694. The number of benzene rings is 2. The van der Waals surface area contributed by atoms with Crippen molar-refractivity contribution in [3.05, 3.63) is 74.6 Å². The van der Waals surface area contributed by atoms with Crippen LogP contribution >= 0.6 is 0 Å². The second-order valence-electron chi connectivity index (χ2n) is 10.9. The molecule has 1 aromatic heterocycles. The molecule has 0 radical (unpaired) electrons. The number of hydrogen-bond donors (Lipinski definition) is 1. The van der Waals surface area contributed by atoms with Crippen molar-refractivity contribution >= 4 is 34.1 Å². The lowest BCUT2D eigenvalue weighted by atomic mass is 9.94. The first kappa shape index (κ1) is 27.0. The summed E-state index contributed by atoms with van der Waals surface area (Å²) in [5.41, 5.74) is 5.36. The quantitative estimate of drug-likeness (QED) is 0.297. The van der Waals surface area contributed by atoms with Gasteiger partial charge in [-0.1, -0.05) is 12.1 Å². The third kappa shape index (κ3) is 6.10. The van der Waals surface area contributed by atoms with E-state index in [9.17, 15) is 14.9 Å². The number of nitrogens with one attached hydrogen (secondary N) is 1. The molecule has 2 heterocycles. The van der Waals surface area contributed by atoms with Crippen LogP contribution in [-0.4, -0.2) is 44.6 Å². The zero-order valence-electron chi connectivity index (χ0n) is 23.1. The normalized spacial score (nSPS) is 14.7. The van der Waals surface area contributed by atoms with Gasteiger partial charge >= 0.3 is 6.09 Å². The maximum Gasteiger partial charge on any atom is 0.410 e. The number of hydrogen-bond acceptors (Lipinski definition) is 7. The lowest BCUT2D eigenvalue weighted by molar-refractivity contribution is -0.385. The van der Waals surface area contributed by atoms with Crippen molar-refractivity contribution in [3.8, 4) is 0 Å². The van der Waals surface area contributed by atoms with Gasteiger partial charge in [0.25, 0.3) is 5.69 Å². The second-order valence-corrected chi connectivity index (χ2v) is 10.9. The number of nitro benzene ring substituents is 1. The van der Waals surface area contributed by atoms with E-state index in [4.69, 9.17) is 4.74 Å². The Balaban J connectivity index is 1.65. The van der Waals surface area contributed by atoms with Gasteiger partial charge in [-0.05, 0) is 94.8 Å². The Kier molecular flexibility index (Phi) is 7.40. The number of nitro groups is 1. The number of amides is 1. The molecule has 0 aliphatic carbocycles. The van der Waals surface area contributed by atoms with Crippen LogP contribution in [0.4, 0.5) is 16.3 Å². The molecular weight excluding hydrogens is 482 g/mol. The molecular formula is C29H35N5O4. The van der Waals surface area contributed by atoms with Gasteiger partial charge in [0.2, 0.25) is 0 Å². The summed E-state index contributed by atoms with van der Waals surface area (Å²) in [6.45, 7) is 14.4. The molecule has 0 spiro atoms. The fraction of sp³-hybridized carbons (Fsp3) is 0.414. The summed E-state index contributed by atoms with van der Waals surface area (Å²) in [5.74, 6) is 1.32. The number of fused-ring (bicyclic) bond motifs is 1. The highest BCUT2D eigenvalue weighted by Gasteiger charge is 2.25. The van der Waals surface area contributed by atoms with Gasteiger partial charge in [-0.15, -0.1) is 0 Å². The first-order valence-electron chi connectivity index (χ1n) is 12.8. The van der Waals surface area contributed by atoms with Crippen LogP contribution < -0.4 is 5.32 Å². The van der Waals surface area contributed by atoms with Crippen molar-refractivity contribution in [2.24, 2.45) is 0 Å². The Hall–Kier alpha value is -4.01. The van der Waals surface area contributed by atoms with Gasteiger partial charge in [-0.2, -0.15) is 0 Å². The molecule has 200 valence electrons. The maximum absolute atomic E-state index is 12.5. The molecule has 1 aliphatic rings. The summed E-state index contributed by atoms with van der Waals surface area (Å²) >= 11 is 0. The van der Waals surface area contributed by atoms with Crippen LogP contribution in [0.25, 0.3) is 16.5 Å². The number of aryl methyl sites for hydroxylation is 3. The molecule has 38 heavy (non-hydrogen) atoms. The fourth-order valence-corrected chi connectivity index (χ4v) is 4.69. The van der Waals surface area contributed by atoms with Crippen LogP contribution in [0.5, 0.6) is 0 Å². The van der Waals surface area contributed by atoms with Gasteiger partial charge in [0.1, 0.15) is 17.2 Å². The zero-order chi connectivity index (χ0) is 27.8. The SMILES string of the molecule is Cc1cc([C@@H](C)Nc2nc(C)nc3cc(C)c(C4=CCN(C(=O)OC(C)(C)C)CC4)cc23)cc([N+](=O)[O-])c1. The van der Waals surface area contributed by atoms with E-state index in [1.165, 1.54) is 0 Å². The Morgan fingerprint density at radius 2 is 1.87 bits per heavy atom. The van der Waals surface area contributed by atoms with Gasteiger partial charge in [0, 0.05) is 30.6 Å². The monoisotopic (exact) mass is 517 g/mol. The van der Waals surface area contributed by atoms with Crippen molar-refractivity contribution in [3.63, 3.8) is 0 Å². The van der Waals surface area contributed by atoms with Gasteiger partial charge in [-0.25, -0.2) is 14.8 Å². The molecule has 0 fully saturated rings. The fourth-order valence-electron chi connectivity index (χ4n) is 4.69. The van der Waals surface area contributed by atoms with Gasteiger partial charge in [0.05, 0.1) is 16.5 Å². The number of non-ortho nitro benzene ring substituents is 1.